The third kappa shape index (κ3) is 2.25. The van der Waals surface area contributed by atoms with E-state index in [1.165, 1.54) is 0 Å². The van der Waals surface area contributed by atoms with Crippen molar-refractivity contribution in [2.24, 2.45) is 0 Å². The van der Waals surface area contributed by atoms with Gasteiger partial charge in [-0.15, -0.1) is 0 Å². The van der Waals surface area contributed by atoms with Crippen LogP contribution >= 0.6 is 0 Å². The lowest BCUT2D eigenvalue weighted by atomic mass is 10.2. The van der Waals surface area contributed by atoms with Crippen LogP contribution in [-0.4, -0.2) is 55.2 Å². The van der Waals surface area contributed by atoms with Crippen molar-refractivity contribution in [3.63, 3.8) is 0 Å². The molecule has 3 aromatic heterocycles. The van der Waals surface area contributed by atoms with Gasteiger partial charge in [0.1, 0.15) is 0 Å². The molecule has 18 heteroatoms. The number of hydrogen-bond acceptors (Lipinski definition) is 14. The molecule has 0 atom stereocenters. The molecule has 0 unspecified atom stereocenters. The first-order valence-electron chi connectivity index (χ1n) is 6.03. The van der Waals surface area contributed by atoms with Gasteiger partial charge < -0.3 is 17.2 Å². The average Bonchev–Trinajstić information content (AvgIpc) is 3.13. The van der Waals surface area contributed by atoms with Crippen molar-refractivity contribution in [2.45, 2.75) is 0 Å². The van der Waals surface area contributed by atoms with Crippen LogP contribution in [0.4, 0.5) is 29.0 Å². The first kappa shape index (κ1) is 15.4. The molecule has 3 rings (SSSR count). The molecule has 0 aliphatic heterocycles. The smallest absolute Gasteiger partial charge is 0.343 e. The minimum atomic E-state index is -0.988. The summed E-state index contributed by atoms with van der Waals surface area (Å²) in [5, 5.41) is 42.8. The SMILES string of the molecule is Nc1c([N+](=O)[O-])c(-n2nnnc2N)nc(-n2nnnc2N)c1[N+](=O)[O-]. The zero-order chi connectivity index (χ0) is 18.3. The number of pyridine rings is 1. The summed E-state index contributed by atoms with van der Waals surface area (Å²) in [5.74, 6) is -1.92. The number of rotatable bonds is 4. The fraction of sp³-hybridized carbons (Fsp3) is 0. The molecule has 25 heavy (non-hydrogen) atoms. The van der Waals surface area contributed by atoms with Crippen LogP contribution in [0.3, 0.4) is 0 Å². The maximum Gasteiger partial charge on any atom is 0.343 e. The van der Waals surface area contributed by atoms with Crippen LogP contribution < -0.4 is 17.2 Å². The number of aromatic nitrogens is 9. The Bertz CT molecular complexity index is 928. The van der Waals surface area contributed by atoms with Crippen molar-refractivity contribution < 1.29 is 9.85 Å². The molecule has 18 nitrogen and oxygen atoms in total. The summed E-state index contributed by atoms with van der Waals surface area (Å²) in [6.07, 6.45) is 0. The third-order valence-electron chi connectivity index (χ3n) is 2.90. The predicted molar refractivity (Wildman–Crippen MR) is 76.2 cm³/mol. The molecule has 0 fully saturated rings. The number of hydrogen-bond donors (Lipinski definition) is 3. The largest absolute Gasteiger partial charge is 0.387 e. The highest BCUT2D eigenvalue weighted by Gasteiger charge is 2.36. The van der Waals surface area contributed by atoms with Crippen molar-refractivity contribution >= 4 is 29.0 Å². The number of nitrogens with zero attached hydrogens (tertiary/aromatic N) is 11. The van der Waals surface area contributed by atoms with Gasteiger partial charge in [-0.2, -0.15) is 14.3 Å². The van der Waals surface area contributed by atoms with Gasteiger partial charge in [0, 0.05) is 0 Å². The van der Waals surface area contributed by atoms with Crippen LogP contribution in [0, 0.1) is 20.2 Å². The van der Waals surface area contributed by atoms with E-state index in [1.54, 1.807) is 0 Å². The Kier molecular flexibility index (Phi) is 3.26. The van der Waals surface area contributed by atoms with E-state index in [0.29, 0.717) is 9.36 Å². The summed E-state index contributed by atoms with van der Waals surface area (Å²) >= 11 is 0. The standard InChI is InChI=1S/C7H6N14O4/c8-1-2(20(22)23)4(18-6(9)12-14-16-18)11-5(3(1)21(24)25)19-7(10)13-15-17-19/h(H2,8,11)(H2,9,12,16)(H2,10,13,17). The zero-order valence-electron chi connectivity index (χ0n) is 11.8. The second-order valence-corrected chi connectivity index (χ2v) is 4.28. The fourth-order valence-corrected chi connectivity index (χ4v) is 1.90. The summed E-state index contributed by atoms with van der Waals surface area (Å²) in [4.78, 5) is 24.5. The van der Waals surface area contributed by atoms with Gasteiger partial charge in [0.05, 0.1) is 9.85 Å². The molecule has 0 amide bonds. The van der Waals surface area contributed by atoms with E-state index in [9.17, 15) is 20.2 Å². The van der Waals surface area contributed by atoms with Gasteiger partial charge in [0.15, 0.2) is 5.69 Å². The van der Waals surface area contributed by atoms with Gasteiger partial charge in [-0.05, 0) is 20.9 Å². The molecule has 0 aromatic carbocycles. The normalized spacial score (nSPS) is 10.7. The lowest BCUT2D eigenvalue weighted by molar-refractivity contribution is -0.392. The third-order valence-corrected chi connectivity index (χ3v) is 2.90. The van der Waals surface area contributed by atoms with Crippen molar-refractivity contribution in [2.75, 3.05) is 17.2 Å². The number of nitro groups is 2. The van der Waals surface area contributed by atoms with Crippen molar-refractivity contribution in [3.05, 3.63) is 20.2 Å². The molecular weight excluding hydrogens is 344 g/mol. The molecule has 128 valence electrons. The molecule has 0 spiro atoms. The molecule has 0 radical (unpaired) electrons. The van der Waals surface area contributed by atoms with Crippen LogP contribution in [0.2, 0.25) is 0 Å². The molecular formula is C7H6N14O4. The van der Waals surface area contributed by atoms with Gasteiger partial charge >= 0.3 is 11.4 Å². The van der Waals surface area contributed by atoms with E-state index in [2.05, 4.69) is 36.0 Å². The van der Waals surface area contributed by atoms with E-state index in [4.69, 9.17) is 17.2 Å². The Balaban J connectivity index is 2.46. The highest BCUT2D eigenvalue weighted by molar-refractivity contribution is 5.80. The molecule has 0 bridgehead atoms. The number of anilines is 3. The van der Waals surface area contributed by atoms with Crippen molar-refractivity contribution in [1.29, 1.82) is 0 Å². The lowest BCUT2D eigenvalue weighted by Gasteiger charge is -2.09. The van der Waals surface area contributed by atoms with Crippen LogP contribution in [0.15, 0.2) is 0 Å². The monoisotopic (exact) mass is 350 g/mol. The summed E-state index contributed by atoms with van der Waals surface area (Å²) in [7, 11) is 0. The maximum absolute atomic E-state index is 11.4. The lowest BCUT2D eigenvalue weighted by Crippen LogP contribution is -2.16. The maximum atomic E-state index is 11.4. The van der Waals surface area contributed by atoms with Crippen LogP contribution in [-0.2, 0) is 0 Å². The zero-order valence-corrected chi connectivity index (χ0v) is 11.8. The topological polar surface area (TPSA) is 264 Å². The second kappa shape index (κ2) is 5.29. The minimum Gasteiger partial charge on any atom is -0.387 e. The highest BCUT2D eigenvalue weighted by atomic mass is 16.6. The van der Waals surface area contributed by atoms with Crippen molar-refractivity contribution in [1.82, 2.24) is 45.4 Å². The van der Waals surface area contributed by atoms with Crippen LogP contribution in [0.5, 0.6) is 0 Å². The van der Waals surface area contributed by atoms with Crippen molar-refractivity contribution in [3.8, 4) is 11.6 Å². The van der Waals surface area contributed by atoms with Crippen LogP contribution in [0.1, 0.15) is 0 Å². The van der Waals surface area contributed by atoms with Gasteiger partial charge in [-0.1, -0.05) is 10.2 Å². The van der Waals surface area contributed by atoms with E-state index < -0.39 is 38.5 Å². The highest BCUT2D eigenvalue weighted by Crippen LogP contribution is 2.39. The molecule has 0 saturated heterocycles. The molecule has 0 saturated carbocycles. The predicted octanol–water partition coefficient (Wildman–Crippen LogP) is -2.40. The molecule has 6 N–H and O–H groups in total. The Hall–Kier alpha value is -4.51. The Morgan fingerprint density at radius 2 is 1.20 bits per heavy atom. The van der Waals surface area contributed by atoms with E-state index in [-0.39, 0.29) is 11.9 Å². The fourth-order valence-electron chi connectivity index (χ4n) is 1.90. The van der Waals surface area contributed by atoms with E-state index >= 15 is 0 Å². The number of nitrogen functional groups attached to an aromatic ring is 3. The number of tetrazole rings is 2. The molecule has 3 aromatic rings. The Labute approximate surface area is 134 Å². The molecule has 0 aliphatic rings. The minimum absolute atomic E-state index is 0.375. The summed E-state index contributed by atoms with van der Waals surface area (Å²) in [6.45, 7) is 0. The first-order valence-corrected chi connectivity index (χ1v) is 6.03. The van der Waals surface area contributed by atoms with Gasteiger partial charge in [0.25, 0.3) is 0 Å². The quantitative estimate of drug-likeness (QED) is 0.327. The second-order valence-electron chi connectivity index (χ2n) is 4.28. The molecule has 0 aliphatic carbocycles. The average molecular weight is 350 g/mol. The first-order chi connectivity index (χ1) is 11.8. The van der Waals surface area contributed by atoms with Gasteiger partial charge in [0.2, 0.25) is 23.5 Å². The summed E-state index contributed by atoms with van der Waals surface area (Å²) in [6, 6.07) is 0. The van der Waals surface area contributed by atoms with Crippen LogP contribution in [0.25, 0.3) is 11.6 Å². The summed E-state index contributed by atoms with van der Waals surface area (Å²) in [5.41, 5.74) is 13.9. The van der Waals surface area contributed by atoms with E-state index in [0.717, 1.165) is 0 Å². The number of nitrogens with two attached hydrogens (primary N) is 3. The Morgan fingerprint density at radius 1 is 0.800 bits per heavy atom. The van der Waals surface area contributed by atoms with E-state index in [1.807, 2.05) is 0 Å². The Morgan fingerprint density at radius 3 is 1.48 bits per heavy atom. The summed E-state index contributed by atoms with van der Waals surface area (Å²) < 4.78 is 1.34. The van der Waals surface area contributed by atoms with Gasteiger partial charge in [-0.25, -0.2) is 0 Å². The van der Waals surface area contributed by atoms with Gasteiger partial charge in [-0.3, -0.25) is 20.2 Å². The molecule has 3 heterocycles.